The van der Waals surface area contributed by atoms with Crippen LogP contribution in [0.3, 0.4) is 0 Å². The van der Waals surface area contributed by atoms with Crippen LogP contribution < -0.4 is 0 Å². The van der Waals surface area contributed by atoms with Gasteiger partial charge in [-0.1, -0.05) is 17.7 Å². The molecule has 6 heteroatoms. The first-order valence-electron chi connectivity index (χ1n) is 6.17. The molecule has 5 nitrogen and oxygen atoms in total. The van der Waals surface area contributed by atoms with Crippen molar-refractivity contribution in [1.82, 2.24) is 0 Å². The molecule has 1 saturated heterocycles. The van der Waals surface area contributed by atoms with Gasteiger partial charge in [0, 0.05) is 5.02 Å². The Morgan fingerprint density at radius 2 is 1.95 bits per heavy atom. The number of benzene rings is 1. The molecule has 3 N–H and O–H groups in total. The lowest BCUT2D eigenvalue weighted by Gasteiger charge is -2.31. The van der Waals surface area contributed by atoms with E-state index in [9.17, 15) is 15.3 Å². The Balaban J connectivity index is 1.92. The van der Waals surface area contributed by atoms with Crippen LogP contribution in [-0.2, 0) is 15.9 Å². The second kappa shape index (κ2) is 5.01. The molecular formula is C13H15ClO5. The topological polar surface area (TPSA) is 79.2 Å². The lowest BCUT2D eigenvalue weighted by molar-refractivity contribution is -0.158. The molecule has 1 fully saturated rings. The van der Waals surface area contributed by atoms with Gasteiger partial charge in [0.25, 0.3) is 0 Å². The largest absolute Gasteiger partial charge is 0.387 e. The number of hydrogen-bond donors (Lipinski definition) is 3. The summed E-state index contributed by atoms with van der Waals surface area (Å²) in [5.74, 6) is 0. The van der Waals surface area contributed by atoms with Crippen molar-refractivity contribution in [2.45, 2.75) is 37.1 Å². The summed E-state index contributed by atoms with van der Waals surface area (Å²) < 4.78 is 10.9. The molecule has 2 aliphatic heterocycles. The maximum atomic E-state index is 9.92. The van der Waals surface area contributed by atoms with Gasteiger partial charge in [-0.3, -0.25) is 0 Å². The molecule has 0 amide bonds. The van der Waals surface area contributed by atoms with E-state index in [1.54, 1.807) is 6.07 Å². The Labute approximate surface area is 115 Å². The minimum Gasteiger partial charge on any atom is -0.387 e. The molecular weight excluding hydrogens is 272 g/mol. The highest BCUT2D eigenvalue weighted by Gasteiger charge is 2.47. The van der Waals surface area contributed by atoms with Gasteiger partial charge in [0.05, 0.1) is 6.61 Å². The van der Waals surface area contributed by atoms with Crippen LogP contribution in [0.5, 0.6) is 0 Å². The van der Waals surface area contributed by atoms with Crippen molar-refractivity contribution < 1.29 is 24.8 Å². The minimum absolute atomic E-state index is 0.483. The van der Waals surface area contributed by atoms with Gasteiger partial charge in [-0.2, -0.15) is 0 Å². The maximum Gasteiger partial charge on any atom is 0.184 e. The van der Waals surface area contributed by atoms with Crippen LogP contribution in [-0.4, -0.2) is 46.5 Å². The van der Waals surface area contributed by atoms with Gasteiger partial charge in [-0.15, -0.1) is 0 Å². The predicted octanol–water partition coefficient (Wildman–Crippen LogP) is 0.393. The highest BCUT2D eigenvalue weighted by molar-refractivity contribution is 6.30. The van der Waals surface area contributed by atoms with E-state index in [0.717, 1.165) is 17.5 Å². The van der Waals surface area contributed by atoms with Crippen LogP contribution in [0.15, 0.2) is 18.2 Å². The van der Waals surface area contributed by atoms with Crippen molar-refractivity contribution in [2.75, 3.05) is 6.61 Å². The number of hydrogen-bond acceptors (Lipinski definition) is 5. The van der Waals surface area contributed by atoms with Gasteiger partial charge in [0.2, 0.25) is 0 Å². The summed E-state index contributed by atoms with van der Waals surface area (Å²) in [6, 6.07) is 5.44. The summed E-state index contributed by atoms with van der Waals surface area (Å²) >= 11 is 5.96. The normalized spacial score (nSPS) is 38.2. The SMILES string of the molecule is O[C@@H]1[C@H](O)[C@@H]([C@@H]2OCCc3cc(Cl)ccc32)O[C@@H]1O. The van der Waals surface area contributed by atoms with Crippen LogP contribution in [0.25, 0.3) is 0 Å². The fourth-order valence-electron chi connectivity index (χ4n) is 2.66. The lowest BCUT2D eigenvalue weighted by atomic mass is 9.92. The van der Waals surface area contributed by atoms with Crippen LogP contribution in [0.2, 0.25) is 5.02 Å². The highest BCUT2D eigenvalue weighted by atomic mass is 35.5. The zero-order chi connectivity index (χ0) is 13.6. The van der Waals surface area contributed by atoms with Crippen molar-refractivity contribution in [2.24, 2.45) is 0 Å². The summed E-state index contributed by atoms with van der Waals surface area (Å²) in [5.41, 5.74) is 1.91. The summed E-state index contributed by atoms with van der Waals surface area (Å²) in [6.45, 7) is 0.483. The third-order valence-corrected chi connectivity index (χ3v) is 3.89. The molecule has 1 aromatic rings. The van der Waals surface area contributed by atoms with Crippen molar-refractivity contribution >= 4 is 11.6 Å². The van der Waals surface area contributed by atoms with Crippen molar-refractivity contribution in [3.8, 4) is 0 Å². The number of fused-ring (bicyclic) bond motifs is 1. The van der Waals surface area contributed by atoms with E-state index in [1.165, 1.54) is 0 Å². The molecule has 0 spiro atoms. The monoisotopic (exact) mass is 286 g/mol. The van der Waals surface area contributed by atoms with E-state index in [1.807, 2.05) is 12.1 Å². The molecule has 1 aromatic carbocycles. The predicted molar refractivity (Wildman–Crippen MR) is 66.7 cm³/mol. The van der Waals surface area contributed by atoms with Gasteiger partial charge in [0.15, 0.2) is 6.29 Å². The second-order valence-corrected chi connectivity index (χ2v) is 5.29. The third-order valence-electron chi connectivity index (χ3n) is 3.65. The van der Waals surface area contributed by atoms with Crippen molar-refractivity contribution in [3.05, 3.63) is 34.3 Å². The molecule has 5 atom stereocenters. The fourth-order valence-corrected chi connectivity index (χ4v) is 2.86. The van der Waals surface area contributed by atoms with Gasteiger partial charge in [0.1, 0.15) is 24.4 Å². The van der Waals surface area contributed by atoms with E-state index in [4.69, 9.17) is 21.1 Å². The Morgan fingerprint density at radius 1 is 1.16 bits per heavy atom. The Hall–Kier alpha value is -0.690. The minimum atomic E-state index is -1.39. The van der Waals surface area contributed by atoms with Crippen LogP contribution in [0.4, 0.5) is 0 Å². The fraction of sp³-hybridized carbons (Fsp3) is 0.538. The summed E-state index contributed by atoms with van der Waals surface area (Å²) in [5, 5.41) is 29.6. The second-order valence-electron chi connectivity index (χ2n) is 4.86. The molecule has 0 saturated carbocycles. The van der Waals surface area contributed by atoms with Crippen LogP contribution >= 0.6 is 11.6 Å². The van der Waals surface area contributed by atoms with Crippen LogP contribution in [0, 0.1) is 0 Å². The van der Waals surface area contributed by atoms with Gasteiger partial charge < -0.3 is 24.8 Å². The summed E-state index contributed by atoms with van der Waals surface area (Å²) in [4.78, 5) is 0. The van der Waals surface area contributed by atoms with Crippen molar-refractivity contribution in [3.63, 3.8) is 0 Å². The van der Waals surface area contributed by atoms with E-state index in [0.29, 0.717) is 11.6 Å². The molecule has 2 heterocycles. The molecule has 0 unspecified atom stereocenters. The Bertz CT molecular complexity index is 480. The van der Waals surface area contributed by atoms with E-state index >= 15 is 0 Å². The zero-order valence-electron chi connectivity index (χ0n) is 10.1. The van der Waals surface area contributed by atoms with Gasteiger partial charge in [-0.25, -0.2) is 0 Å². The lowest BCUT2D eigenvalue weighted by Crippen LogP contribution is -2.37. The van der Waals surface area contributed by atoms with E-state index < -0.39 is 30.7 Å². The molecule has 0 bridgehead atoms. The molecule has 2 aliphatic rings. The molecule has 3 rings (SSSR count). The number of aliphatic hydroxyl groups is 3. The zero-order valence-corrected chi connectivity index (χ0v) is 10.8. The summed E-state index contributed by atoms with van der Waals surface area (Å²) in [6.07, 6.45) is -4.44. The van der Waals surface area contributed by atoms with Gasteiger partial charge in [-0.05, 0) is 29.7 Å². The molecule has 0 radical (unpaired) electrons. The number of halogens is 1. The molecule has 0 aromatic heterocycles. The Morgan fingerprint density at radius 3 is 2.63 bits per heavy atom. The van der Waals surface area contributed by atoms with Gasteiger partial charge >= 0.3 is 0 Å². The standard InChI is InChI=1S/C13H15ClO5/c14-7-1-2-8-6(5-7)3-4-18-11(8)12-9(15)10(16)13(17)19-12/h1-2,5,9-13,15-17H,3-4H2/t9-,10+,11+,12-,13-/m0/s1. The first kappa shape index (κ1) is 13.3. The van der Waals surface area contributed by atoms with Crippen molar-refractivity contribution in [1.29, 1.82) is 0 Å². The number of ether oxygens (including phenoxy) is 2. The maximum absolute atomic E-state index is 9.92. The molecule has 0 aliphatic carbocycles. The molecule has 104 valence electrons. The van der Waals surface area contributed by atoms with E-state index in [-0.39, 0.29) is 0 Å². The highest BCUT2D eigenvalue weighted by Crippen LogP contribution is 2.37. The van der Waals surface area contributed by atoms with E-state index in [2.05, 4.69) is 0 Å². The average molecular weight is 287 g/mol. The first-order chi connectivity index (χ1) is 9.08. The number of rotatable bonds is 1. The first-order valence-corrected chi connectivity index (χ1v) is 6.55. The Kier molecular flexibility index (Phi) is 3.51. The smallest absolute Gasteiger partial charge is 0.184 e. The third kappa shape index (κ3) is 2.27. The molecule has 19 heavy (non-hydrogen) atoms. The quantitative estimate of drug-likeness (QED) is 0.696. The van der Waals surface area contributed by atoms with Crippen LogP contribution in [0.1, 0.15) is 17.2 Å². The number of aliphatic hydroxyl groups excluding tert-OH is 3. The summed E-state index contributed by atoms with van der Waals surface area (Å²) in [7, 11) is 0. The average Bonchev–Trinajstić information content (AvgIpc) is 2.65.